The molecule has 0 radical (unpaired) electrons. The average Bonchev–Trinajstić information content (AvgIpc) is 2.66. The maximum Gasteiger partial charge on any atom is 0.149 e. The molecule has 108 valence electrons. The number of nitrogens with one attached hydrogen (secondary N) is 1. The fourth-order valence-corrected chi connectivity index (χ4v) is 2.73. The number of halogens is 3. The highest BCUT2D eigenvalue weighted by molar-refractivity contribution is 9.10. The van der Waals surface area contributed by atoms with Crippen molar-refractivity contribution in [3.63, 3.8) is 0 Å². The summed E-state index contributed by atoms with van der Waals surface area (Å²) < 4.78 is 29.3. The molecule has 0 bridgehead atoms. The molecule has 0 spiro atoms. The first kappa shape index (κ1) is 15.0. The van der Waals surface area contributed by atoms with Gasteiger partial charge in [-0.15, -0.1) is 0 Å². The van der Waals surface area contributed by atoms with E-state index >= 15 is 0 Å². The number of hydrogen-bond acceptors (Lipinski definition) is 1. The molecule has 1 aromatic heterocycles. The van der Waals surface area contributed by atoms with Gasteiger partial charge in [0.15, 0.2) is 0 Å². The van der Waals surface area contributed by atoms with E-state index in [1.165, 1.54) is 17.5 Å². The van der Waals surface area contributed by atoms with E-state index in [4.69, 9.17) is 0 Å². The zero-order valence-electron chi connectivity index (χ0n) is 11.7. The van der Waals surface area contributed by atoms with Gasteiger partial charge >= 0.3 is 0 Å². The minimum atomic E-state index is -0.600. The molecule has 1 N–H and O–H groups in total. The fourth-order valence-electron chi connectivity index (χ4n) is 2.39. The zero-order chi connectivity index (χ0) is 14.9. The number of rotatable bonds is 4. The maximum absolute atomic E-state index is 13.7. The molecule has 2 nitrogen and oxygen atoms in total. The van der Waals surface area contributed by atoms with E-state index in [1.807, 2.05) is 6.92 Å². The summed E-state index contributed by atoms with van der Waals surface area (Å²) in [5.41, 5.74) is 3.76. The first-order chi connectivity index (χ1) is 9.43. The van der Waals surface area contributed by atoms with Crippen LogP contribution in [-0.4, -0.2) is 4.57 Å². The summed E-state index contributed by atoms with van der Waals surface area (Å²) in [6.07, 6.45) is 0. The molecule has 0 saturated carbocycles. The van der Waals surface area contributed by atoms with Gasteiger partial charge in [0.1, 0.15) is 11.6 Å². The Labute approximate surface area is 125 Å². The van der Waals surface area contributed by atoms with E-state index in [0.717, 1.165) is 18.2 Å². The zero-order valence-corrected chi connectivity index (χ0v) is 13.3. The highest BCUT2D eigenvalue weighted by atomic mass is 79.9. The lowest BCUT2D eigenvalue weighted by Crippen LogP contribution is -2.04. The van der Waals surface area contributed by atoms with E-state index < -0.39 is 11.6 Å². The second-order valence-electron chi connectivity index (χ2n) is 4.74. The summed E-state index contributed by atoms with van der Waals surface area (Å²) in [6.45, 7) is 7.61. The minimum Gasteiger partial charge on any atom is -0.378 e. The topological polar surface area (TPSA) is 17.0 Å². The Morgan fingerprint density at radius 1 is 1.15 bits per heavy atom. The maximum atomic E-state index is 13.7. The van der Waals surface area contributed by atoms with Crippen LogP contribution in [0.1, 0.15) is 23.9 Å². The highest BCUT2D eigenvalue weighted by Gasteiger charge is 2.11. The summed E-state index contributed by atoms with van der Waals surface area (Å²) in [5.74, 6) is -1.19. The first-order valence-corrected chi connectivity index (χ1v) is 7.27. The van der Waals surface area contributed by atoms with Crippen LogP contribution in [-0.2, 0) is 13.1 Å². The Bertz CT molecular complexity index is 635. The second kappa shape index (κ2) is 5.95. The Morgan fingerprint density at radius 2 is 1.85 bits per heavy atom. The molecule has 0 atom stereocenters. The Hall–Kier alpha value is -1.36. The van der Waals surface area contributed by atoms with Gasteiger partial charge in [-0.25, -0.2) is 8.78 Å². The minimum absolute atomic E-state index is 0.250. The van der Waals surface area contributed by atoms with Crippen molar-refractivity contribution in [2.45, 2.75) is 33.9 Å². The van der Waals surface area contributed by atoms with Crippen LogP contribution in [0, 0.1) is 25.5 Å². The molecular formula is C15H17BrF2N2. The van der Waals surface area contributed by atoms with Crippen molar-refractivity contribution >= 4 is 21.6 Å². The van der Waals surface area contributed by atoms with Crippen LogP contribution in [0.15, 0.2) is 22.7 Å². The van der Waals surface area contributed by atoms with Gasteiger partial charge in [0.25, 0.3) is 0 Å². The first-order valence-electron chi connectivity index (χ1n) is 6.48. The SMILES string of the molecule is CCn1c(C)cc(CNc2cc(Br)c(F)cc2F)c1C. The smallest absolute Gasteiger partial charge is 0.149 e. The molecule has 5 heteroatoms. The van der Waals surface area contributed by atoms with Gasteiger partial charge in [-0.1, -0.05) is 0 Å². The molecule has 2 aromatic rings. The van der Waals surface area contributed by atoms with Crippen molar-refractivity contribution in [1.29, 1.82) is 0 Å². The van der Waals surface area contributed by atoms with E-state index in [2.05, 4.69) is 45.7 Å². The predicted octanol–water partition coefficient (Wildman–Crippen LogP) is 4.78. The summed E-state index contributed by atoms with van der Waals surface area (Å²) in [5, 5.41) is 3.02. The standard InChI is InChI=1S/C15H17BrF2N2/c1-4-20-9(2)5-11(10(20)3)8-19-15-6-12(16)13(17)7-14(15)18/h5-7,19H,4,8H2,1-3H3. The van der Waals surface area contributed by atoms with Crippen molar-refractivity contribution in [3.8, 4) is 0 Å². The molecule has 20 heavy (non-hydrogen) atoms. The van der Waals surface area contributed by atoms with Gasteiger partial charge in [0.05, 0.1) is 10.2 Å². The molecule has 0 aliphatic heterocycles. The third-order valence-corrected chi connectivity index (χ3v) is 4.08. The van der Waals surface area contributed by atoms with Crippen LogP contribution in [0.2, 0.25) is 0 Å². The molecule has 0 fully saturated rings. The number of aryl methyl sites for hydroxylation is 1. The van der Waals surface area contributed by atoms with E-state index in [-0.39, 0.29) is 4.47 Å². The largest absolute Gasteiger partial charge is 0.378 e. The number of hydrogen-bond donors (Lipinski definition) is 1. The van der Waals surface area contributed by atoms with E-state index in [9.17, 15) is 8.78 Å². The normalized spacial score (nSPS) is 10.9. The molecular weight excluding hydrogens is 326 g/mol. The van der Waals surface area contributed by atoms with Crippen LogP contribution in [0.25, 0.3) is 0 Å². The predicted molar refractivity (Wildman–Crippen MR) is 81.0 cm³/mol. The van der Waals surface area contributed by atoms with Gasteiger partial charge in [-0.2, -0.15) is 0 Å². The lowest BCUT2D eigenvalue weighted by Gasteiger charge is -2.10. The third kappa shape index (κ3) is 2.87. The molecule has 1 heterocycles. The lowest BCUT2D eigenvalue weighted by atomic mass is 10.2. The molecule has 2 rings (SSSR count). The van der Waals surface area contributed by atoms with Crippen LogP contribution in [0.4, 0.5) is 14.5 Å². The summed E-state index contributed by atoms with van der Waals surface area (Å²) in [4.78, 5) is 0. The number of benzene rings is 1. The van der Waals surface area contributed by atoms with Crippen molar-refractivity contribution < 1.29 is 8.78 Å². The van der Waals surface area contributed by atoms with Crippen molar-refractivity contribution in [3.05, 3.63) is 51.3 Å². The van der Waals surface area contributed by atoms with Crippen LogP contribution in [0.5, 0.6) is 0 Å². The monoisotopic (exact) mass is 342 g/mol. The Morgan fingerprint density at radius 3 is 2.45 bits per heavy atom. The van der Waals surface area contributed by atoms with Crippen LogP contribution >= 0.6 is 15.9 Å². The number of nitrogens with zero attached hydrogens (tertiary/aromatic N) is 1. The summed E-state index contributed by atoms with van der Waals surface area (Å²) in [7, 11) is 0. The molecule has 0 aliphatic rings. The quantitative estimate of drug-likeness (QED) is 0.791. The highest BCUT2D eigenvalue weighted by Crippen LogP contribution is 2.25. The second-order valence-corrected chi connectivity index (χ2v) is 5.59. The fraction of sp³-hybridized carbons (Fsp3) is 0.333. The summed E-state index contributed by atoms with van der Waals surface area (Å²) in [6, 6.07) is 4.38. The van der Waals surface area contributed by atoms with Crippen LogP contribution < -0.4 is 5.32 Å². The van der Waals surface area contributed by atoms with Crippen molar-refractivity contribution in [1.82, 2.24) is 4.57 Å². The molecule has 0 amide bonds. The van der Waals surface area contributed by atoms with Gasteiger partial charge in [-0.05, 0) is 54.4 Å². The number of anilines is 1. The average molecular weight is 343 g/mol. The van der Waals surface area contributed by atoms with Gasteiger partial charge in [0, 0.05) is 30.5 Å². The van der Waals surface area contributed by atoms with Gasteiger partial charge in [-0.3, -0.25) is 0 Å². The van der Waals surface area contributed by atoms with E-state index in [1.54, 1.807) is 0 Å². The summed E-state index contributed by atoms with van der Waals surface area (Å²) >= 11 is 3.06. The molecule has 0 saturated heterocycles. The molecule has 1 aromatic carbocycles. The van der Waals surface area contributed by atoms with Crippen molar-refractivity contribution in [2.24, 2.45) is 0 Å². The Balaban J connectivity index is 2.19. The third-order valence-electron chi connectivity index (χ3n) is 3.47. The van der Waals surface area contributed by atoms with E-state index in [0.29, 0.717) is 12.2 Å². The Kier molecular flexibility index (Phi) is 4.48. The van der Waals surface area contributed by atoms with Crippen LogP contribution in [0.3, 0.4) is 0 Å². The molecule has 0 aliphatic carbocycles. The lowest BCUT2D eigenvalue weighted by molar-refractivity contribution is 0.580. The van der Waals surface area contributed by atoms with Gasteiger partial charge < -0.3 is 9.88 Å². The van der Waals surface area contributed by atoms with Gasteiger partial charge in [0.2, 0.25) is 0 Å². The number of aromatic nitrogens is 1. The molecule has 0 unspecified atom stereocenters. The van der Waals surface area contributed by atoms with Crippen molar-refractivity contribution in [2.75, 3.05) is 5.32 Å².